The Morgan fingerprint density at radius 1 is 0.826 bits per heavy atom. The number of aromatic hydroxyl groups is 1. The lowest BCUT2D eigenvalue weighted by Crippen LogP contribution is -2.31. The number of hydrogen-bond donors (Lipinski definition) is 1. The summed E-state index contributed by atoms with van der Waals surface area (Å²) in [5, 5.41) is 13.3. The van der Waals surface area contributed by atoms with Crippen molar-refractivity contribution in [1.29, 1.82) is 0 Å². The topological polar surface area (TPSA) is 37.3 Å². The van der Waals surface area contributed by atoms with Crippen LogP contribution in [0.15, 0.2) is 66.7 Å². The summed E-state index contributed by atoms with van der Waals surface area (Å²) < 4.78 is 14.3. The Bertz CT molecular complexity index is 892. The number of rotatable bonds is 2. The van der Waals surface area contributed by atoms with Gasteiger partial charge in [0, 0.05) is 10.5 Å². The van der Waals surface area contributed by atoms with Crippen LogP contribution in [0.25, 0.3) is 10.8 Å². The third-order valence-corrected chi connectivity index (χ3v) is 8.27. The van der Waals surface area contributed by atoms with Gasteiger partial charge in [-0.05, 0) is 16.8 Å². The van der Waals surface area contributed by atoms with Crippen LogP contribution in [0.4, 0.5) is 0 Å². The first kappa shape index (κ1) is 15.8. The number of hydrogen-bond acceptors (Lipinski definition) is 2. The third kappa shape index (κ3) is 2.48. The van der Waals surface area contributed by atoms with E-state index in [-0.39, 0.29) is 5.75 Å². The van der Waals surface area contributed by atoms with Crippen LogP contribution in [0.5, 0.6) is 5.75 Å². The Hall–Kier alpha value is -2.05. The van der Waals surface area contributed by atoms with Crippen molar-refractivity contribution in [2.24, 2.45) is 0 Å². The summed E-state index contributed by atoms with van der Waals surface area (Å²) in [6.07, 6.45) is 0. The largest absolute Gasteiger partial charge is 0.507 e. The molecule has 0 aromatic heterocycles. The fraction of sp³-hybridized carbons (Fsp3) is 0.200. The Morgan fingerprint density at radius 3 is 2.09 bits per heavy atom. The normalized spacial score (nSPS) is 14.6. The van der Waals surface area contributed by atoms with Crippen molar-refractivity contribution in [3.63, 3.8) is 0 Å². The number of fused-ring (bicyclic) bond motifs is 1. The molecule has 1 N–H and O–H groups in total. The molecule has 0 aliphatic rings. The highest BCUT2D eigenvalue weighted by Crippen LogP contribution is 2.58. The molecule has 0 aliphatic heterocycles. The van der Waals surface area contributed by atoms with Gasteiger partial charge < -0.3 is 9.67 Å². The van der Waals surface area contributed by atoms with E-state index in [2.05, 4.69) is 0 Å². The monoisotopic (exact) mass is 324 g/mol. The van der Waals surface area contributed by atoms with Gasteiger partial charge in [0.15, 0.2) is 7.14 Å². The molecule has 3 rings (SSSR count). The minimum atomic E-state index is -3.04. The summed E-state index contributed by atoms with van der Waals surface area (Å²) in [7, 11) is -3.04. The van der Waals surface area contributed by atoms with E-state index < -0.39 is 12.3 Å². The van der Waals surface area contributed by atoms with Crippen LogP contribution in [0.3, 0.4) is 0 Å². The Morgan fingerprint density at radius 2 is 1.43 bits per heavy atom. The fourth-order valence-corrected chi connectivity index (χ4v) is 6.30. The van der Waals surface area contributed by atoms with Gasteiger partial charge in [-0.15, -0.1) is 0 Å². The number of benzene rings is 3. The van der Waals surface area contributed by atoms with Crippen LogP contribution in [0, 0.1) is 0 Å². The molecule has 1 atom stereocenters. The van der Waals surface area contributed by atoms with Crippen molar-refractivity contribution < 1.29 is 9.67 Å². The predicted octanol–water partition coefficient (Wildman–Crippen LogP) is 4.66. The Labute approximate surface area is 137 Å². The molecule has 0 aliphatic carbocycles. The highest BCUT2D eigenvalue weighted by molar-refractivity contribution is 7.80. The highest BCUT2D eigenvalue weighted by Gasteiger charge is 2.42. The molecule has 0 heterocycles. The molecule has 2 nitrogen and oxygen atoms in total. The van der Waals surface area contributed by atoms with Crippen LogP contribution >= 0.6 is 7.14 Å². The van der Waals surface area contributed by atoms with E-state index in [9.17, 15) is 9.67 Å². The first-order valence-corrected chi connectivity index (χ1v) is 9.43. The lowest BCUT2D eigenvalue weighted by atomic mass is 10.1. The van der Waals surface area contributed by atoms with Crippen LogP contribution in [-0.2, 0) is 4.57 Å². The maximum Gasteiger partial charge on any atom is 0.152 e. The van der Waals surface area contributed by atoms with Crippen LogP contribution in [0.1, 0.15) is 20.8 Å². The molecule has 3 heteroatoms. The summed E-state index contributed by atoms with van der Waals surface area (Å²) in [6.45, 7) is 5.92. The lowest BCUT2D eigenvalue weighted by Gasteiger charge is -2.33. The van der Waals surface area contributed by atoms with Crippen LogP contribution in [0.2, 0.25) is 0 Å². The molecule has 1 unspecified atom stereocenters. The molecule has 0 saturated carbocycles. The summed E-state index contributed by atoms with van der Waals surface area (Å²) >= 11 is 0. The zero-order valence-corrected chi connectivity index (χ0v) is 14.5. The van der Waals surface area contributed by atoms with Gasteiger partial charge >= 0.3 is 0 Å². The van der Waals surface area contributed by atoms with E-state index in [4.69, 9.17) is 0 Å². The quantitative estimate of drug-likeness (QED) is 0.696. The van der Waals surface area contributed by atoms with E-state index in [1.165, 1.54) is 0 Å². The van der Waals surface area contributed by atoms with Crippen molar-refractivity contribution >= 4 is 28.5 Å². The van der Waals surface area contributed by atoms with E-state index in [1.54, 1.807) is 6.07 Å². The van der Waals surface area contributed by atoms with Gasteiger partial charge in [0.1, 0.15) is 5.75 Å². The van der Waals surface area contributed by atoms with Crippen LogP contribution in [-0.4, -0.2) is 10.3 Å². The molecule has 0 saturated heterocycles. The summed E-state index contributed by atoms with van der Waals surface area (Å²) in [6, 6.07) is 20.8. The predicted molar refractivity (Wildman–Crippen MR) is 98.7 cm³/mol. The van der Waals surface area contributed by atoms with Crippen molar-refractivity contribution in [3.8, 4) is 5.75 Å². The second kappa shape index (κ2) is 5.54. The molecule has 0 radical (unpaired) electrons. The highest BCUT2D eigenvalue weighted by atomic mass is 31.2. The minimum Gasteiger partial charge on any atom is -0.507 e. The average Bonchev–Trinajstić information content (AvgIpc) is 2.54. The van der Waals surface area contributed by atoms with Gasteiger partial charge in [-0.2, -0.15) is 0 Å². The molecule has 23 heavy (non-hydrogen) atoms. The molecule has 0 fully saturated rings. The van der Waals surface area contributed by atoms with Crippen LogP contribution < -0.4 is 10.6 Å². The smallest absolute Gasteiger partial charge is 0.152 e. The van der Waals surface area contributed by atoms with Gasteiger partial charge in [-0.1, -0.05) is 81.4 Å². The van der Waals surface area contributed by atoms with Gasteiger partial charge in [0.25, 0.3) is 0 Å². The average molecular weight is 324 g/mol. The third-order valence-electron chi connectivity index (χ3n) is 4.26. The maximum atomic E-state index is 14.3. The van der Waals surface area contributed by atoms with Crippen molar-refractivity contribution in [2.75, 3.05) is 0 Å². The molecule has 3 aromatic rings. The first-order valence-electron chi connectivity index (χ1n) is 7.73. The zero-order chi connectivity index (χ0) is 16.7. The van der Waals surface area contributed by atoms with Gasteiger partial charge in [0.2, 0.25) is 0 Å². The SMILES string of the molecule is CC(C)(C)P(=O)(c1ccccc1)c1c(O)ccc2ccccc12. The molecular formula is C20H21O2P. The maximum absolute atomic E-state index is 14.3. The van der Waals surface area contributed by atoms with Crippen molar-refractivity contribution in [3.05, 3.63) is 66.7 Å². The fourth-order valence-electron chi connectivity index (χ4n) is 3.06. The Balaban J connectivity index is 2.46. The second-order valence-electron chi connectivity index (χ2n) is 6.77. The molecular weight excluding hydrogens is 303 g/mol. The molecule has 0 bridgehead atoms. The summed E-state index contributed by atoms with van der Waals surface area (Å²) in [5.74, 6) is 0.103. The Kier molecular flexibility index (Phi) is 3.82. The van der Waals surface area contributed by atoms with E-state index in [1.807, 2.05) is 81.4 Å². The number of phenolic OH excluding ortho intramolecular Hbond substituents is 1. The van der Waals surface area contributed by atoms with Gasteiger partial charge in [-0.25, -0.2) is 0 Å². The second-order valence-corrected chi connectivity index (χ2v) is 10.3. The molecule has 0 amide bonds. The number of phenols is 1. The standard InChI is InChI=1S/C20H21O2P/c1-20(2,3)23(22,16-10-5-4-6-11-16)19-17-12-8-7-9-15(17)13-14-18(19)21/h4-14,21H,1-3H3. The van der Waals surface area contributed by atoms with E-state index in [0.717, 1.165) is 16.1 Å². The van der Waals surface area contributed by atoms with E-state index >= 15 is 0 Å². The summed E-state index contributed by atoms with van der Waals surface area (Å²) in [4.78, 5) is 0. The molecule has 3 aromatic carbocycles. The van der Waals surface area contributed by atoms with E-state index in [0.29, 0.717) is 5.30 Å². The molecule has 0 spiro atoms. The van der Waals surface area contributed by atoms with Gasteiger partial charge in [-0.3, -0.25) is 0 Å². The molecule has 118 valence electrons. The van der Waals surface area contributed by atoms with Gasteiger partial charge in [0.05, 0.1) is 5.30 Å². The van der Waals surface area contributed by atoms with Crippen molar-refractivity contribution in [2.45, 2.75) is 25.9 Å². The summed E-state index contributed by atoms with van der Waals surface area (Å²) in [5.41, 5.74) is 0. The first-order chi connectivity index (χ1) is 10.9. The van der Waals surface area contributed by atoms with Crippen molar-refractivity contribution in [1.82, 2.24) is 0 Å². The lowest BCUT2D eigenvalue weighted by molar-refractivity contribution is 0.479. The minimum absolute atomic E-state index is 0.103. The zero-order valence-electron chi connectivity index (χ0n) is 13.7.